The van der Waals surface area contributed by atoms with E-state index in [1.54, 1.807) is 17.0 Å². The van der Waals surface area contributed by atoms with Crippen LogP contribution in [0.15, 0.2) is 30.6 Å². The Morgan fingerprint density at radius 3 is 2.63 bits per heavy atom. The molecule has 2 aromatic rings. The number of amides is 1. The number of likely N-dealkylation sites (tertiary alicyclic amines) is 1. The van der Waals surface area contributed by atoms with Crippen LogP contribution in [0.4, 0.5) is 4.39 Å². The summed E-state index contributed by atoms with van der Waals surface area (Å²) in [6, 6.07) is 4.88. The lowest BCUT2D eigenvalue weighted by Gasteiger charge is -2.38. The highest BCUT2D eigenvalue weighted by molar-refractivity contribution is 5.94. The van der Waals surface area contributed by atoms with Crippen LogP contribution in [-0.2, 0) is 20.9 Å². The predicted octanol–water partition coefficient (Wildman–Crippen LogP) is 1.51. The largest absolute Gasteiger partial charge is 0.463 e. The van der Waals surface area contributed by atoms with Crippen LogP contribution >= 0.6 is 0 Å². The second-order valence-electron chi connectivity index (χ2n) is 7.00. The molecule has 0 radical (unpaired) electrons. The van der Waals surface area contributed by atoms with E-state index < -0.39 is 11.8 Å². The Hall–Kier alpha value is -3.56. The molecule has 3 rings (SSSR count). The molecule has 0 bridgehead atoms. The van der Waals surface area contributed by atoms with E-state index in [2.05, 4.69) is 9.97 Å². The third kappa shape index (κ3) is 5.28. The summed E-state index contributed by atoms with van der Waals surface area (Å²) in [5, 5.41) is 7.07. The second kappa shape index (κ2) is 9.29. The van der Waals surface area contributed by atoms with Gasteiger partial charge in [-0.15, -0.1) is 0 Å². The number of esters is 1. The first-order chi connectivity index (χ1) is 14.3. The molecule has 1 aliphatic heterocycles. The van der Waals surface area contributed by atoms with Gasteiger partial charge >= 0.3 is 12.0 Å². The van der Waals surface area contributed by atoms with Crippen LogP contribution < -0.4 is 10.5 Å². The number of aromatic nitrogens is 2. The van der Waals surface area contributed by atoms with Crippen LogP contribution in [-0.4, -0.2) is 52.3 Å². The summed E-state index contributed by atoms with van der Waals surface area (Å²) in [7, 11) is 0. The number of hydrogen-bond acceptors (Lipinski definition) is 7. The fraction of sp³-hybridized carbons (Fsp3) is 0.350. The number of nitrogens with two attached hydrogens (primary N) is 1. The SMILES string of the molecule is CC(=O)N1CC(COc2ncc(-c3cccc(COC(=O)CC(=N)N)c3F)cn2)C1. The van der Waals surface area contributed by atoms with E-state index in [0.29, 0.717) is 25.3 Å². The molecule has 3 N–H and O–H groups in total. The first kappa shape index (κ1) is 21.2. The molecule has 2 heterocycles. The van der Waals surface area contributed by atoms with Crippen molar-refractivity contribution in [2.75, 3.05) is 19.7 Å². The number of halogens is 1. The van der Waals surface area contributed by atoms with Crippen molar-refractivity contribution in [3.8, 4) is 17.1 Å². The Bertz CT molecular complexity index is 945. The van der Waals surface area contributed by atoms with Crippen LogP contribution in [0.25, 0.3) is 11.1 Å². The van der Waals surface area contributed by atoms with Crippen LogP contribution in [0.3, 0.4) is 0 Å². The quantitative estimate of drug-likeness (QED) is 0.379. The molecule has 1 fully saturated rings. The number of rotatable bonds is 8. The van der Waals surface area contributed by atoms with Crippen LogP contribution in [0.5, 0.6) is 6.01 Å². The highest BCUT2D eigenvalue weighted by atomic mass is 19.1. The number of ether oxygens (including phenoxy) is 2. The first-order valence-electron chi connectivity index (χ1n) is 9.30. The summed E-state index contributed by atoms with van der Waals surface area (Å²) in [6.07, 6.45) is 2.56. The summed E-state index contributed by atoms with van der Waals surface area (Å²) < 4.78 is 25.3. The Morgan fingerprint density at radius 2 is 2.00 bits per heavy atom. The Kier molecular flexibility index (Phi) is 6.55. The minimum atomic E-state index is -0.699. The summed E-state index contributed by atoms with van der Waals surface area (Å²) in [5.41, 5.74) is 6.03. The standard InChI is InChI=1S/C20H22FN5O4/c1-12(27)26-8-13(9-26)10-30-20-24-6-15(7-25-20)16-4-2-3-14(19(16)21)11-29-18(28)5-17(22)23/h2-4,6-7,13H,5,8-11H2,1H3,(H3,22,23). The van der Waals surface area contributed by atoms with E-state index in [-0.39, 0.29) is 47.8 Å². The molecule has 10 heteroatoms. The Morgan fingerprint density at radius 1 is 1.30 bits per heavy atom. The van der Waals surface area contributed by atoms with Crippen LogP contribution in [0, 0.1) is 17.1 Å². The smallest absolute Gasteiger partial charge is 0.316 e. The molecule has 1 aromatic carbocycles. The minimum absolute atomic E-state index is 0.0460. The van der Waals surface area contributed by atoms with Gasteiger partial charge in [-0.1, -0.05) is 18.2 Å². The zero-order valence-electron chi connectivity index (χ0n) is 16.4. The monoisotopic (exact) mass is 415 g/mol. The lowest BCUT2D eigenvalue weighted by Crippen LogP contribution is -2.51. The topological polar surface area (TPSA) is 131 Å². The molecule has 0 saturated carbocycles. The number of nitrogens with zero attached hydrogens (tertiary/aromatic N) is 3. The van der Waals surface area contributed by atoms with E-state index >= 15 is 0 Å². The number of amidine groups is 1. The maximum Gasteiger partial charge on any atom is 0.316 e. The molecule has 0 aliphatic carbocycles. The summed E-state index contributed by atoms with van der Waals surface area (Å²) in [6.45, 7) is 2.97. The fourth-order valence-electron chi connectivity index (χ4n) is 2.93. The van der Waals surface area contributed by atoms with Crippen molar-refractivity contribution in [2.24, 2.45) is 11.7 Å². The van der Waals surface area contributed by atoms with Crippen molar-refractivity contribution in [1.82, 2.24) is 14.9 Å². The van der Waals surface area contributed by atoms with Gasteiger partial charge in [0.2, 0.25) is 5.91 Å². The van der Waals surface area contributed by atoms with E-state index in [9.17, 15) is 14.0 Å². The fourth-order valence-corrected chi connectivity index (χ4v) is 2.93. The zero-order valence-corrected chi connectivity index (χ0v) is 16.4. The molecule has 158 valence electrons. The second-order valence-corrected chi connectivity index (χ2v) is 7.00. The number of carbonyl (C=O) groups is 2. The predicted molar refractivity (Wildman–Crippen MR) is 105 cm³/mol. The molecule has 0 unspecified atom stereocenters. The lowest BCUT2D eigenvalue weighted by molar-refractivity contribution is -0.143. The van der Waals surface area contributed by atoms with Gasteiger partial charge in [-0.2, -0.15) is 0 Å². The number of carbonyl (C=O) groups excluding carboxylic acids is 2. The molecular weight excluding hydrogens is 393 g/mol. The van der Waals surface area contributed by atoms with E-state index in [1.807, 2.05) is 0 Å². The molecule has 0 spiro atoms. The van der Waals surface area contributed by atoms with Crippen molar-refractivity contribution in [3.63, 3.8) is 0 Å². The van der Waals surface area contributed by atoms with Crippen molar-refractivity contribution in [3.05, 3.63) is 42.0 Å². The number of hydrogen-bond donors (Lipinski definition) is 2. The van der Waals surface area contributed by atoms with Gasteiger partial charge in [-0.05, 0) is 0 Å². The first-order valence-corrected chi connectivity index (χ1v) is 9.30. The maximum absolute atomic E-state index is 14.8. The van der Waals surface area contributed by atoms with Gasteiger partial charge in [0.05, 0.1) is 6.61 Å². The van der Waals surface area contributed by atoms with E-state index in [4.69, 9.17) is 20.6 Å². The van der Waals surface area contributed by atoms with Crippen molar-refractivity contribution in [2.45, 2.75) is 20.0 Å². The molecule has 9 nitrogen and oxygen atoms in total. The van der Waals surface area contributed by atoms with Crippen molar-refractivity contribution < 1.29 is 23.5 Å². The Balaban J connectivity index is 1.58. The van der Waals surface area contributed by atoms with Crippen molar-refractivity contribution in [1.29, 1.82) is 5.41 Å². The third-order valence-corrected chi connectivity index (χ3v) is 4.59. The highest BCUT2D eigenvalue weighted by Gasteiger charge is 2.29. The summed E-state index contributed by atoms with van der Waals surface area (Å²) >= 11 is 0. The number of nitrogens with one attached hydrogen (secondary N) is 1. The molecular formula is C20H22FN5O4. The van der Waals surface area contributed by atoms with Gasteiger partial charge < -0.3 is 20.1 Å². The van der Waals surface area contributed by atoms with Crippen LogP contribution in [0.2, 0.25) is 0 Å². The van der Waals surface area contributed by atoms with Gasteiger partial charge in [-0.25, -0.2) is 14.4 Å². The van der Waals surface area contributed by atoms with E-state index in [0.717, 1.165) is 0 Å². The maximum atomic E-state index is 14.8. The minimum Gasteiger partial charge on any atom is -0.463 e. The summed E-state index contributed by atoms with van der Waals surface area (Å²) in [5.74, 6) is -1.27. The molecule has 0 atom stereocenters. The molecule has 30 heavy (non-hydrogen) atoms. The Labute approximate surface area is 172 Å². The number of benzene rings is 1. The molecule has 1 amide bonds. The molecule has 1 saturated heterocycles. The van der Waals surface area contributed by atoms with Gasteiger partial charge in [0.1, 0.15) is 24.7 Å². The zero-order chi connectivity index (χ0) is 21.7. The normalized spacial score (nSPS) is 13.5. The average Bonchev–Trinajstić information content (AvgIpc) is 2.66. The molecule has 1 aromatic heterocycles. The molecule has 1 aliphatic rings. The van der Waals surface area contributed by atoms with Gasteiger partial charge in [0.25, 0.3) is 0 Å². The average molecular weight is 415 g/mol. The lowest BCUT2D eigenvalue weighted by atomic mass is 10.0. The highest BCUT2D eigenvalue weighted by Crippen LogP contribution is 2.25. The van der Waals surface area contributed by atoms with Gasteiger partial charge in [0.15, 0.2) is 0 Å². The summed E-state index contributed by atoms with van der Waals surface area (Å²) in [4.78, 5) is 32.6. The van der Waals surface area contributed by atoms with Crippen LogP contribution in [0.1, 0.15) is 18.9 Å². The van der Waals surface area contributed by atoms with Crippen molar-refractivity contribution >= 4 is 17.7 Å². The van der Waals surface area contributed by atoms with Gasteiger partial charge in [-0.3, -0.25) is 15.0 Å². The third-order valence-electron chi connectivity index (χ3n) is 4.59. The van der Waals surface area contributed by atoms with Gasteiger partial charge in [0, 0.05) is 55.0 Å². The van der Waals surface area contributed by atoms with E-state index in [1.165, 1.54) is 25.4 Å².